The van der Waals surface area contributed by atoms with Crippen LogP contribution in [0.15, 0.2) is 43.0 Å². The number of unbranched alkanes of at least 4 members (excludes halogenated alkanes) is 3. The summed E-state index contributed by atoms with van der Waals surface area (Å²) < 4.78 is 10.7. The van der Waals surface area contributed by atoms with Crippen molar-refractivity contribution in [1.82, 2.24) is 10.2 Å². The molecule has 0 saturated heterocycles. The number of carbonyl (C=O) groups excluding carboxylic acids is 3. The molecule has 2 amide bonds. The number of esters is 1. The average molecular weight is 475 g/mol. The van der Waals surface area contributed by atoms with Crippen LogP contribution in [0.4, 0.5) is 4.79 Å². The van der Waals surface area contributed by atoms with Gasteiger partial charge in [-0.2, -0.15) is 0 Å². The third kappa shape index (κ3) is 13.0. The fraction of sp³-hybridized carbons (Fsp3) is 0.593. The van der Waals surface area contributed by atoms with Gasteiger partial charge in [-0.3, -0.25) is 9.59 Å². The highest BCUT2D eigenvalue weighted by molar-refractivity contribution is 5.86. The van der Waals surface area contributed by atoms with Crippen molar-refractivity contribution in [3.8, 4) is 0 Å². The van der Waals surface area contributed by atoms with Gasteiger partial charge in [-0.15, -0.1) is 6.58 Å². The van der Waals surface area contributed by atoms with Crippen molar-refractivity contribution in [2.45, 2.75) is 90.9 Å². The van der Waals surface area contributed by atoms with Crippen LogP contribution in [-0.2, 0) is 25.7 Å². The van der Waals surface area contributed by atoms with Crippen molar-refractivity contribution in [3.05, 3.63) is 48.6 Å². The summed E-state index contributed by atoms with van der Waals surface area (Å²) in [6, 6.07) is 8.53. The fourth-order valence-corrected chi connectivity index (χ4v) is 3.31. The van der Waals surface area contributed by atoms with Gasteiger partial charge < -0.3 is 19.7 Å². The lowest BCUT2D eigenvalue weighted by Crippen LogP contribution is -2.50. The van der Waals surface area contributed by atoms with Crippen molar-refractivity contribution in [3.63, 3.8) is 0 Å². The summed E-state index contributed by atoms with van der Waals surface area (Å²) in [5.41, 5.74) is 0.191. The molecule has 1 atom stereocenters. The van der Waals surface area contributed by atoms with Gasteiger partial charge in [0.1, 0.15) is 18.2 Å². The molecule has 1 aromatic rings. The lowest BCUT2D eigenvalue weighted by atomic mass is 10.1. The molecular formula is C27H42N2O5. The number of alkyl carbamates (subject to hydrolysis) is 1. The Morgan fingerprint density at radius 2 is 1.76 bits per heavy atom. The Labute approximate surface area is 204 Å². The summed E-state index contributed by atoms with van der Waals surface area (Å²) in [6.07, 6.45) is 5.83. The van der Waals surface area contributed by atoms with Crippen LogP contribution in [0, 0.1) is 0 Å². The molecule has 0 fully saturated rings. The van der Waals surface area contributed by atoms with Gasteiger partial charge in [-0.1, -0.05) is 56.2 Å². The van der Waals surface area contributed by atoms with Gasteiger partial charge in [0, 0.05) is 19.5 Å². The highest BCUT2D eigenvalue weighted by atomic mass is 16.6. The second-order valence-electron chi connectivity index (χ2n) is 9.35. The molecule has 1 N–H and O–H groups in total. The van der Waals surface area contributed by atoms with E-state index in [2.05, 4.69) is 18.8 Å². The standard InChI is InChI=1S/C27H42N2O5/c1-6-8-13-19-29(20-14-9-7-2)25(31)23(28-26(32)34-27(3,4)5)17-18-24(30)33-21-22-15-11-10-12-16-22/h6,10-12,15-16,23H,1,7-9,13-14,17-21H2,2-5H3,(H,28,32)/t23-/m1/s1. The Hall–Kier alpha value is -2.83. The minimum Gasteiger partial charge on any atom is -0.461 e. The zero-order valence-corrected chi connectivity index (χ0v) is 21.3. The smallest absolute Gasteiger partial charge is 0.408 e. The van der Waals surface area contributed by atoms with E-state index < -0.39 is 23.7 Å². The van der Waals surface area contributed by atoms with Crippen LogP contribution in [0.25, 0.3) is 0 Å². The van der Waals surface area contributed by atoms with Gasteiger partial charge in [-0.05, 0) is 52.0 Å². The third-order valence-electron chi connectivity index (χ3n) is 5.05. The van der Waals surface area contributed by atoms with E-state index in [9.17, 15) is 14.4 Å². The van der Waals surface area contributed by atoms with Crippen LogP contribution < -0.4 is 5.32 Å². The number of rotatable bonds is 15. The van der Waals surface area contributed by atoms with Crippen molar-refractivity contribution in [2.24, 2.45) is 0 Å². The quantitative estimate of drug-likeness (QED) is 0.209. The number of hydrogen-bond acceptors (Lipinski definition) is 5. The first kappa shape index (κ1) is 29.2. The van der Waals surface area contributed by atoms with E-state index in [1.54, 1.807) is 25.7 Å². The molecular weight excluding hydrogens is 432 g/mol. The highest BCUT2D eigenvalue weighted by Crippen LogP contribution is 2.12. The Bertz CT molecular complexity index is 758. The second-order valence-corrected chi connectivity index (χ2v) is 9.35. The molecule has 0 aliphatic heterocycles. The van der Waals surface area contributed by atoms with Gasteiger partial charge in [0.2, 0.25) is 5.91 Å². The van der Waals surface area contributed by atoms with Gasteiger partial charge in [0.05, 0.1) is 0 Å². The molecule has 0 aliphatic rings. The molecule has 0 heterocycles. The van der Waals surface area contributed by atoms with E-state index in [0.29, 0.717) is 13.1 Å². The Balaban J connectivity index is 2.83. The summed E-state index contributed by atoms with van der Waals surface area (Å²) in [7, 11) is 0. The number of hydrogen-bond donors (Lipinski definition) is 1. The maximum absolute atomic E-state index is 13.4. The molecule has 1 rings (SSSR count). The first-order valence-electron chi connectivity index (χ1n) is 12.2. The van der Waals surface area contributed by atoms with Crippen LogP contribution in [0.5, 0.6) is 0 Å². The summed E-state index contributed by atoms with van der Waals surface area (Å²) in [5.74, 6) is -0.626. The van der Waals surface area contributed by atoms with Crippen LogP contribution in [0.2, 0.25) is 0 Å². The predicted molar refractivity (Wildman–Crippen MR) is 134 cm³/mol. The molecule has 0 aliphatic carbocycles. The monoisotopic (exact) mass is 474 g/mol. The largest absolute Gasteiger partial charge is 0.461 e. The number of ether oxygens (including phenoxy) is 2. The molecule has 0 saturated carbocycles. The summed E-state index contributed by atoms with van der Waals surface area (Å²) >= 11 is 0. The zero-order chi connectivity index (χ0) is 25.4. The number of benzene rings is 1. The molecule has 0 aromatic heterocycles. The van der Waals surface area contributed by atoms with Gasteiger partial charge in [0.15, 0.2) is 0 Å². The maximum Gasteiger partial charge on any atom is 0.408 e. The molecule has 34 heavy (non-hydrogen) atoms. The Morgan fingerprint density at radius 1 is 1.09 bits per heavy atom. The van der Waals surface area contributed by atoms with Gasteiger partial charge in [0.25, 0.3) is 0 Å². The lowest BCUT2D eigenvalue weighted by Gasteiger charge is -2.29. The fourth-order valence-electron chi connectivity index (χ4n) is 3.31. The van der Waals surface area contributed by atoms with E-state index in [0.717, 1.165) is 37.7 Å². The maximum atomic E-state index is 13.4. The first-order chi connectivity index (χ1) is 16.2. The van der Waals surface area contributed by atoms with E-state index >= 15 is 0 Å². The average Bonchev–Trinajstić information content (AvgIpc) is 2.78. The summed E-state index contributed by atoms with van der Waals surface area (Å²) in [5, 5.41) is 2.68. The van der Waals surface area contributed by atoms with Crippen LogP contribution >= 0.6 is 0 Å². The highest BCUT2D eigenvalue weighted by Gasteiger charge is 2.28. The van der Waals surface area contributed by atoms with Crippen LogP contribution in [0.3, 0.4) is 0 Å². The number of carbonyl (C=O) groups is 3. The van der Waals surface area contributed by atoms with Crippen LogP contribution in [0.1, 0.15) is 78.2 Å². The SMILES string of the molecule is C=CCCCN(CCCCC)C(=O)[C@@H](CCC(=O)OCc1ccccc1)NC(=O)OC(C)(C)C. The number of amides is 2. The molecule has 0 spiro atoms. The topological polar surface area (TPSA) is 84.9 Å². The molecule has 0 unspecified atom stereocenters. The Kier molecular flexibility index (Phi) is 13.7. The minimum atomic E-state index is -0.871. The van der Waals surface area contributed by atoms with E-state index in [4.69, 9.17) is 9.47 Å². The molecule has 0 radical (unpaired) electrons. The van der Waals surface area contributed by atoms with Crippen LogP contribution in [-0.4, -0.2) is 47.6 Å². The molecule has 1 aromatic carbocycles. The predicted octanol–water partition coefficient (Wildman–Crippen LogP) is 5.39. The van der Waals surface area contributed by atoms with E-state index in [1.807, 2.05) is 36.4 Å². The van der Waals surface area contributed by atoms with Gasteiger partial charge >= 0.3 is 12.1 Å². The lowest BCUT2D eigenvalue weighted by molar-refractivity contribution is -0.145. The van der Waals surface area contributed by atoms with E-state index in [-0.39, 0.29) is 25.4 Å². The molecule has 190 valence electrons. The van der Waals surface area contributed by atoms with Crippen molar-refractivity contribution >= 4 is 18.0 Å². The minimum absolute atomic E-state index is 0.00843. The van der Waals surface area contributed by atoms with Gasteiger partial charge in [-0.25, -0.2) is 4.79 Å². The number of nitrogens with zero attached hydrogens (tertiary/aromatic N) is 1. The zero-order valence-electron chi connectivity index (χ0n) is 21.3. The molecule has 7 heteroatoms. The van der Waals surface area contributed by atoms with Crippen molar-refractivity contribution < 1.29 is 23.9 Å². The molecule has 0 bridgehead atoms. The normalized spacial score (nSPS) is 11.9. The summed E-state index contributed by atoms with van der Waals surface area (Å²) in [4.78, 5) is 40.0. The van der Waals surface area contributed by atoms with Crippen molar-refractivity contribution in [2.75, 3.05) is 13.1 Å². The number of allylic oxidation sites excluding steroid dienone is 1. The van der Waals surface area contributed by atoms with E-state index in [1.165, 1.54) is 0 Å². The number of nitrogens with one attached hydrogen (secondary N) is 1. The Morgan fingerprint density at radius 3 is 2.38 bits per heavy atom. The molecule has 7 nitrogen and oxygen atoms in total. The third-order valence-corrected chi connectivity index (χ3v) is 5.05. The first-order valence-corrected chi connectivity index (χ1v) is 12.2. The van der Waals surface area contributed by atoms with Crippen molar-refractivity contribution in [1.29, 1.82) is 0 Å². The second kappa shape index (κ2) is 15.9. The summed E-state index contributed by atoms with van der Waals surface area (Å²) in [6.45, 7) is 12.5.